The van der Waals surface area contributed by atoms with Gasteiger partial charge in [-0.15, -0.1) is 0 Å². The van der Waals surface area contributed by atoms with E-state index in [2.05, 4.69) is 16.0 Å². The molecule has 0 bridgehead atoms. The number of aliphatic hydroxyl groups is 1. The summed E-state index contributed by atoms with van der Waals surface area (Å²) in [7, 11) is -4.10. The number of hydrogen-bond acceptors (Lipinski definition) is 10. The van der Waals surface area contributed by atoms with E-state index in [0.717, 1.165) is 56.5 Å². The summed E-state index contributed by atoms with van der Waals surface area (Å²) in [4.78, 5) is 42.1. The fourth-order valence-electron chi connectivity index (χ4n) is 6.55. The van der Waals surface area contributed by atoms with Gasteiger partial charge in [-0.05, 0) is 64.6 Å². The highest BCUT2D eigenvalue weighted by atomic mass is 31.2. The minimum Gasteiger partial charge on any atom is -0.491 e. The van der Waals surface area contributed by atoms with Gasteiger partial charge in [0.25, 0.3) is 0 Å². The number of carbonyl (C=O) groups is 3. The van der Waals surface area contributed by atoms with E-state index < -0.39 is 37.5 Å². The van der Waals surface area contributed by atoms with Crippen molar-refractivity contribution in [1.29, 1.82) is 0 Å². The van der Waals surface area contributed by atoms with Crippen LogP contribution in [-0.2, 0) is 34.5 Å². The van der Waals surface area contributed by atoms with Crippen LogP contribution in [0.3, 0.4) is 0 Å². The van der Waals surface area contributed by atoms with Crippen LogP contribution in [0.25, 0.3) is 0 Å². The van der Waals surface area contributed by atoms with Crippen LogP contribution in [0.2, 0.25) is 0 Å². The Morgan fingerprint density at radius 1 is 1.04 bits per heavy atom. The Kier molecular flexibility index (Phi) is 14.8. The van der Waals surface area contributed by atoms with E-state index in [9.17, 15) is 24.1 Å². The molecular formula is C33H53N4O9P. The topological polar surface area (TPSA) is 165 Å². The third-order valence-electron chi connectivity index (χ3n) is 9.07. The lowest BCUT2D eigenvalue weighted by atomic mass is 9.84. The Morgan fingerprint density at radius 2 is 1.74 bits per heavy atom. The second-order valence-electron chi connectivity index (χ2n) is 12.5. The molecule has 13 nitrogen and oxygen atoms in total. The summed E-state index contributed by atoms with van der Waals surface area (Å²) in [6.07, 6.45) is 5.92. The van der Waals surface area contributed by atoms with E-state index in [4.69, 9.17) is 18.5 Å². The quantitative estimate of drug-likeness (QED) is 0.199. The zero-order valence-electron chi connectivity index (χ0n) is 27.8. The predicted molar refractivity (Wildman–Crippen MR) is 176 cm³/mol. The van der Waals surface area contributed by atoms with Crippen LogP contribution in [0.4, 0.5) is 4.79 Å². The summed E-state index contributed by atoms with van der Waals surface area (Å²) in [5, 5.41) is 20.3. The monoisotopic (exact) mass is 680 g/mol. The standard InChI is InChI=1S/C33H53N4O9P/c1-3-44-47(42,45-4-2)32(40)27(14-15-30(38)37-20-21-43-29-13-9-8-12-25(29)23-37)35-31(39)28(22-24-10-6-5-7-11-24)36-33(41)46-26-16-18-34-19-17-26/h8-9,12-13,24,26-28,32,34,40H,3-7,10-11,14-23H2,1-2H3,(H,35,39)(H,36,41)/t27-,28-,32?/m0/s1. The van der Waals surface area contributed by atoms with Gasteiger partial charge < -0.3 is 44.5 Å². The molecule has 0 spiro atoms. The van der Waals surface area contributed by atoms with Crippen LogP contribution in [0, 0.1) is 5.92 Å². The first-order chi connectivity index (χ1) is 22.7. The molecule has 2 fully saturated rings. The number of para-hydroxylation sites is 1. The molecule has 14 heteroatoms. The van der Waals surface area contributed by atoms with Crippen LogP contribution >= 0.6 is 7.60 Å². The molecule has 47 heavy (non-hydrogen) atoms. The molecule has 1 saturated carbocycles. The lowest BCUT2D eigenvalue weighted by Gasteiger charge is -2.32. The Labute approximate surface area is 278 Å². The van der Waals surface area contributed by atoms with Crippen molar-refractivity contribution in [2.45, 2.75) is 109 Å². The fourth-order valence-corrected chi connectivity index (χ4v) is 8.32. The fraction of sp³-hybridized carbons (Fsp3) is 0.727. The lowest BCUT2D eigenvalue weighted by Crippen LogP contribution is -2.54. The third-order valence-corrected chi connectivity index (χ3v) is 11.3. The Morgan fingerprint density at radius 3 is 2.45 bits per heavy atom. The molecule has 2 aliphatic heterocycles. The molecule has 1 unspecified atom stereocenters. The van der Waals surface area contributed by atoms with Crippen molar-refractivity contribution in [3.63, 3.8) is 0 Å². The Balaban J connectivity index is 1.49. The van der Waals surface area contributed by atoms with E-state index in [-0.39, 0.29) is 44.0 Å². The summed E-state index contributed by atoms with van der Waals surface area (Å²) in [5.41, 5.74) is 0.883. The SMILES string of the molecule is CCOP(=O)(OCC)C(O)[C@H](CCC(=O)N1CCOc2ccccc2C1)NC(=O)[C@H](CC1CCCCC1)NC(=O)OC1CCNCC1. The maximum atomic E-state index is 13.9. The summed E-state index contributed by atoms with van der Waals surface area (Å²) >= 11 is 0. The molecule has 3 aliphatic rings. The van der Waals surface area contributed by atoms with Gasteiger partial charge in [-0.25, -0.2) is 4.79 Å². The summed E-state index contributed by atoms with van der Waals surface area (Å²) in [6, 6.07) is 5.42. The van der Waals surface area contributed by atoms with Crippen LogP contribution in [0.5, 0.6) is 5.75 Å². The third kappa shape index (κ3) is 11.2. The number of ether oxygens (including phenoxy) is 2. The smallest absolute Gasteiger partial charge is 0.408 e. The number of amides is 3. The van der Waals surface area contributed by atoms with Gasteiger partial charge in [-0.2, -0.15) is 0 Å². The van der Waals surface area contributed by atoms with Gasteiger partial charge in [0, 0.05) is 18.5 Å². The molecule has 3 amide bonds. The minimum absolute atomic E-state index is 0.00943. The number of aliphatic hydroxyl groups excluding tert-OH is 1. The molecule has 2 heterocycles. The van der Waals surface area contributed by atoms with Crippen molar-refractivity contribution in [2.75, 3.05) is 39.5 Å². The molecule has 264 valence electrons. The van der Waals surface area contributed by atoms with Gasteiger partial charge >= 0.3 is 13.7 Å². The first-order valence-corrected chi connectivity index (χ1v) is 18.9. The van der Waals surface area contributed by atoms with Crippen LogP contribution in [0.1, 0.15) is 83.6 Å². The zero-order chi connectivity index (χ0) is 33.6. The second-order valence-corrected chi connectivity index (χ2v) is 14.6. The largest absolute Gasteiger partial charge is 0.491 e. The van der Waals surface area contributed by atoms with Crippen LogP contribution < -0.4 is 20.7 Å². The number of carbonyl (C=O) groups excluding carboxylic acids is 3. The van der Waals surface area contributed by atoms with Crippen molar-refractivity contribution in [2.24, 2.45) is 5.92 Å². The molecule has 1 aromatic carbocycles. The highest BCUT2D eigenvalue weighted by Crippen LogP contribution is 2.53. The number of fused-ring (bicyclic) bond motifs is 1. The van der Waals surface area contributed by atoms with Crippen LogP contribution in [-0.4, -0.2) is 91.4 Å². The summed E-state index contributed by atoms with van der Waals surface area (Å²) < 4.78 is 36.0. The van der Waals surface area contributed by atoms with Crippen molar-refractivity contribution in [1.82, 2.24) is 20.9 Å². The first-order valence-electron chi connectivity index (χ1n) is 17.3. The molecule has 1 aliphatic carbocycles. The molecule has 4 rings (SSSR count). The number of nitrogens with one attached hydrogen (secondary N) is 3. The summed E-state index contributed by atoms with van der Waals surface area (Å²) in [6.45, 7) is 5.84. The number of piperidine rings is 1. The van der Waals surface area contributed by atoms with Crippen molar-refractivity contribution in [3.8, 4) is 5.75 Å². The molecule has 1 saturated heterocycles. The highest BCUT2D eigenvalue weighted by molar-refractivity contribution is 7.54. The Hall–Kier alpha value is -2.70. The number of hydrogen-bond donors (Lipinski definition) is 4. The maximum absolute atomic E-state index is 13.9. The average molecular weight is 681 g/mol. The molecule has 1 aromatic rings. The molecule has 3 atom stereocenters. The van der Waals surface area contributed by atoms with Crippen molar-refractivity contribution >= 4 is 25.5 Å². The maximum Gasteiger partial charge on any atom is 0.408 e. The number of benzene rings is 1. The first kappa shape index (κ1) is 37.1. The zero-order valence-corrected chi connectivity index (χ0v) is 28.7. The number of alkyl carbamates (subject to hydrolysis) is 1. The molecular weight excluding hydrogens is 627 g/mol. The van der Waals surface area contributed by atoms with Gasteiger partial charge in [0.2, 0.25) is 11.8 Å². The average Bonchev–Trinajstić information content (AvgIpc) is 3.30. The molecule has 0 aromatic heterocycles. The van der Waals surface area contributed by atoms with Gasteiger partial charge in [0.15, 0.2) is 5.85 Å². The second kappa shape index (κ2) is 18.7. The molecule has 4 N–H and O–H groups in total. The highest BCUT2D eigenvalue weighted by Gasteiger charge is 2.42. The van der Waals surface area contributed by atoms with E-state index in [1.54, 1.807) is 18.7 Å². The minimum atomic E-state index is -4.10. The summed E-state index contributed by atoms with van der Waals surface area (Å²) in [5.74, 6) is -1.54. The molecule has 0 radical (unpaired) electrons. The van der Waals surface area contributed by atoms with E-state index in [0.29, 0.717) is 39.0 Å². The van der Waals surface area contributed by atoms with Crippen molar-refractivity contribution < 1.29 is 42.6 Å². The van der Waals surface area contributed by atoms with Gasteiger partial charge in [0.05, 0.1) is 25.8 Å². The lowest BCUT2D eigenvalue weighted by molar-refractivity contribution is -0.133. The van der Waals surface area contributed by atoms with E-state index >= 15 is 0 Å². The van der Waals surface area contributed by atoms with Crippen LogP contribution in [0.15, 0.2) is 24.3 Å². The normalized spacial score (nSPS) is 19.8. The van der Waals surface area contributed by atoms with E-state index in [1.165, 1.54) is 0 Å². The van der Waals surface area contributed by atoms with E-state index in [1.807, 2.05) is 24.3 Å². The Bertz CT molecular complexity index is 1200. The number of nitrogens with zero attached hydrogens (tertiary/aromatic N) is 1. The number of rotatable bonds is 15. The predicted octanol–water partition coefficient (Wildman–Crippen LogP) is 4.07. The van der Waals surface area contributed by atoms with Gasteiger partial charge in [-0.1, -0.05) is 50.3 Å². The van der Waals surface area contributed by atoms with Gasteiger partial charge in [-0.3, -0.25) is 14.2 Å². The van der Waals surface area contributed by atoms with Gasteiger partial charge in [0.1, 0.15) is 24.5 Å². The van der Waals surface area contributed by atoms with Crippen molar-refractivity contribution in [3.05, 3.63) is 29.8 Å².